The van der Waals surface area contributed by atoms with Gasteiger partial charge in [-0.1, -0.05) is 41.5 Å². The van der Waals surface area contributed by atoms with Gasteiger partial charge in [-0.15, -0.1) is 0 Å². The van der Waals surface area contributed by atoms with Crippen molar-refractivity contribution < 1.29 is 0 Å². The number of likely N-dealkylation sites (tertiary alicyclic amines) is 3. The highest BCUT2D eigenvalue weighted by Crippen LogP contribution is 2.28. The van der Waals surface area contributed by atoms with E-state index < -0.39 is 0 Å². The van der Waals surface area contributed by atoms with Crippen LogP contribution in [0, 0.1) is 35.5 Å². The molecule has 42 heavy (non-hydrogen) atoms. The van der Waals surface area contributed by atoms with Gasteiger partial charge in [0.05, 0.1) is 0 Å². The van der Waals surface area contributed by atoms with E-state index >= 15 is 0 Å². The monoisotopic (exact) mass is 595 g/mol. The SMILES string of the molecule is CC(C)C[C@@H]1CN(C(C)C)C[C@H]1N.CC(C)C[C@@H]1CN(C(C)C)C[C@H]1N(C)C.CN[C@H]1CN(C(C)C)C[C@H]1CC(C)C. The van der Waals surface area contributed by atoms with Gasteiger partial charge in [0.25, 0.3) is 0 Å². The van der Waals surface area contributed by atoms with Gasteiger partial charge in [-0.3, -0.25) is 14.7 Å². The zero-order valence-electron chi connectivity index (χ0n) is 31.2. The summed E-state index contributed by atoms with van der Waals surface area (Å²) >= 11 is 0. The van der Waals surface area contributed by atoms with Gasteiger partial charge in [0.15, 0.2) is 0 Å². The van der Waals surface area contributed by atoms with Gasteiger partial charge < -0.3 is 16.0 Å². The molecule has 3 saturated heterocycles. The van der Waals surface area contributed by atoms with Crippen LogP contribution >= 0.6 is 0 Å². The van der Waals surface area contributed by atoms with E-state index in [2.05, 4.69) is 129 Å². The highest BCUT2D eigenvalue weighted by Gasteiger charge is 2.35. The molecule has 6 nitrogen and oxygen atoms in total. The molecule has 0 bridgehead atoms. The van der Waals surface area contributed by atoms with Crippen molar-refractivity contribution in [2.24, 2.45) is 41.2 Å². The first-order valence-corrected chi connectivity index (χ1v) is 17.8. The highest BCUT2D eigenvalue weighted by atomic mass is 15.3. The molecule has 0 unspecified atom stereocenters. The minimum atomic E-state index is 0.407. The number of hydrogen-bond acceptors (Lipinski definition) is 6. The van der Waals surface area contributed by atoms with Crippen LogP contribution in [-0.4, -0.2) is 116 Å². The van der Waals surface area contributed by atoms with Crippen molar-refractivity contribution in [2.75, 3.05) is 60.4 Å². The molecule has 252 valence electrons. The highest BCUT2D eigenvalue weighted by molar-refractivity contribution is 4.91. The summed E-state index contributed by atoms with van der Waals surface area (Å²) in [6.07, 6.45) is 4.01. The number of nitrogens with two attached hydrogens (primary N) is 1. The maximum Gasteiger partial charge on any atom is 0.0257 e. The molecule has 0 aromatic carbocycles. The van der Waals surface area contributed by atoms with Gasteiger partial charge in [-0.05, 0) is 117 Å². The van der Waals surface area contributed by atoms with Gasteiger partial charge in [0, 0.05) is 75.5 Å². The van der Waals surface area contributed by atoms with Crippen LogP contribution in [-0.2, 0) is 0 Å². The Morgan fingerprint density at radius 2 is 0.952 bits per heavy atom. The van der Waals surface area contributed by atoms with Crippen LogP contribution in [0.3, 0.4) is 0 Å². The number of nitrogens with zero attached hydrogens (tertiary/aromatic N) is 4. The molecule has 0 saturated carbocycles. The second-order valence-corrected chi connectivity index (χ2v) is 16.4. The van der Waals surface area contributed by atoms with Crippen molar-refractivity contribution in [1.82, 2.24) is 24.9 Å². The van der Waals surface area contributed by atoms with E-state index in [1.807, 2.05) is 0 Å². The standard InChI is InChI=1S/C13H28N2.C12H26N2.C11H24N2/c1-10(2)7-12-8-15(11(3)4)9-13(12)14(5)6;1-9(2)6-11-7-14(10(3)4)8-12(11)13-5;1-8(2)5-10-6-13(9(3)4)7-11(10)12/h10-13H,7-9H2,1-6H3;9-13H,6-8H2,1-5H3;8-11H,5-7,12H2,1-4H3/t12-,13-;11-,12+;10-,11-/m111/s1. The summed E-state index contributed by atoms with van der Waals surface area (Å²) < 4.78 is 0. The normalized spacial score (nSPS) is 29.5. The van der Waals surface area contributed by atoms with Crippen molar-refractivity contribution in [3.63, 3.8) is 0 Å². The summed E-state index contributed by atoms with van der Waals surface area (Å²) in [5, 5.41) is 3.46. The van der Waals surface area contributed by atoms with Crippen molar-refractivity contribution in [2.45, 2.75) is 139 Å². The van der Waals surface area contributed by atoms with Gasteiger partial charge in [0.1, 0.15) is 0 Å². The molecular weight excluding hydrogens is 516 g/mol. The quantitative estimate of drug-likeness (QED) is 0.308. The van der Waals surface area contributed by atoms with E-state index in [1.54, 1.807) is 0 Å². The van der Waals surface area contributed by atoms with Gasteiger partial charge in [-0.25, -0.2) is 0 Å². The Labute approximate surface area is 264 Å². The van der Waals surface area contributed by atoms with Gasteiger partial charge in [-0.2, -0.15) is 0 Å². The van der Waals surface area contributed by atoms with Crippen LogP contribution < -0.4 is 11.1 Å². The number of rotatable bonds is 11. The Bertz CT molecular complexity index is 690. The Kier molecular flexibility index (Phi) is 18.3. The lowest BCUT2D eigenvalue weighted by molar-refractivity contribution is 0.224. The molecule has 3 aliphatic rings. The second-order valence-electron chi connectivity index (χ2n) is 16.4. The molecule has 0 amide bonds. The van der Waals surface area contributed by atoms with Crippen molar-refractivity contribution >= 4 is 0 Å². The predicted octanol–water partition coefficient (Wildman–Crippen LogP) is 5.96. The molecule has 0 aromatic heterocycles. The van der Waals surface area contributed by atoms with Crippen LogP contribution in [0.4, 0.5) is 0 Å². The van der Waals surface area contributed by atoms with Crippen molar-refractivity contribution in [3.05, 3.63) is 0 Å². The molecule has 3 N–H and O–H groups in total. The fourth-order valence-corrected chi connectivity index (χ4v) is 7.44. The number of hydrogen-bond donors (Lipinski definition) is 2. The maximum atomic E-state index is 6.11. The van der Waals surface area contributed by atoms with Crippen LogP contribution in [0.2, 0.25) is 0 Å². The third-order valence-electron chi connectivity index (χ3n) is 9.97. The average molecular weight is 595 g/mol. The summed E-state index contributed by atoms with van der Waals surface area (Å²) in [6, 6.07) is 3.93. The lowest BCUT2D eigenvalue weighted by Crippen LogP contribution is -2.36. The van der Waals surface area contributed by atoms with Crippen LogP contribution in [0.25, 0.3) is 0 Å². The van der Waals surface area contributed by atoms with E-state index in [0.29, 0.717) is 30.2 Å². The van der Waals surface area contributed by atoms with Crippen LogP contribution in [0.5, 0.6) is 0 Å². The van der Waals surface area contributed by atoms with Crippen LogP contribution in [0.1, 0.15) is 102 Å². The van der Waals surface area contributed by atoms with E-state index in [0.717, 1.165) is 48.1 Å². The smallest absolute Gasteiger partial charge is 0.0257 e. The topological polar surface area (TPSA) is 51.0 Å². The summed E-state index contributed by atoms with van der Waals surface area (Å²) in [4.78, 5) is 10.1. The molecule has 0 aliphatic carbocycles. The Morgan fingerprint density at radius 1 is 0.571 bits per heavy atom. The summed E-state index contributed by atoms with van der Waals surface area (Å²) in [6.45, 7) is 35.0. The molecule has 6 atom stereocenters. The molecule has 6 heteroatoms. The maximum absolute atomic E-state index is 6.11. The average Bonchev–Trinajstić information content (AvgIpc) is 3.56. The molecular formula is C36H78N6. The third-order valence-corrected chi connectivity index (χ3v) is 9.97. The molecule has 3 aliphatic heterocycles. The first-order valence-electron chi connectivity index (χ1n) is 17.8. The van der Waals surface area contributed by atoms with Crippen molar-refractivity contribution in [1.29, 1.82) is 0 Å². The molecule has 0 spiro atoms. The zero-order chi connectivity index (χ0) is 32.3. The third kappa shape index (κ3) is 13.8. The van der Waals surface area contributed by atoms with E-state index in [1.165, 1.54) is 52.0 Å². The largest absolute Gasteiger partial charge is 0.326 e. The predicted molar refractivity (Wildman–Crippen MR) is 187 cm³/mol. The molecule has 0 aromatic rings. The summed E-state index contributed by atoms with van der Waals surface area (Å²) in [5.74, 6) is 4.86. The zero-order valence-corrected chi connectivity index (χ0v) is 31.2. The minimum Gasteiger partial charge on any atom is -0.326 e. The fraction of sp³-hybridized carbons (Fsp3) is 1.00. The minimum absolute atomic E-state index is 0.407. The van der Waals surface area contributed by atoms with E-state index in [-0.39, 0.29) is 0 Å². The number of likely N-dealkylation sites (N-methyl/N-ethyl adjacent to an activating group) is 2. The molecule has 3 rings (SSSR count). The summed E-state index contributed by atoms with van der Waals surface area (Å²) in [7, 11) is 6.55. The summed E-state index contributed by atoms with van der Waals surface area (Å²) in [5.41, 5.74) is 6.11. The molecule has 0 radical (unpaired) electrons. The van der Waals surface area contributed by atoms with Gasteiger partial charge >= 0.3 is 0 Å². The fourth-order valence-electron chi connectivity index (χ4n) is 7.44. The lowest BCUT2D eigenvalue weighted by Gasteiger charge is -2.26. The Balaban J connectivity index is 0.000000316. The molecule has 3 fully saturated rings. The molecule has 3 heterocycles. The second kappa shape index (κ2) is 19.3. The first-order chi connectivity index (χ1) is 19.5. The van der Waals surface area contributed by atoms with Crippen molar-refractivity contribution in [3.8, 4) is 0 Å². The Morgan fingerprint density at radius 3 is 1.36 bits per heavy atom. The van der Waals surface area contributed by atoms with E-state index in [4.69, 9.17) is 5.73 Å². The number of nitrogens with one attached hydrogen (secondary N) is 1. The first kappa shape index (κ1) is 39.8. The Hall–Kier alpha value is -0.240. The van der Waals surface area contributed by atoms with Gasteiger partial charge in [0.2, 0.25) is 0 Å². The lowest BCUT2D eigenvalue weighted by atomic mass is 9.92. The van der Waals surface area contributed by atoms with E-state index in [9.17, 15) is 0 Å². The van der Waals surface area contributed by atoms with Crippen LogP contribution in [0.15, 0.2) is 0 Å².